The minimum atomic E-state index is -2.96. The van der Waals surface area contributed by atoms with E-state index in [1.807, 2.05) is 0 Å². The second-order valence-electron chi connectivity index (χ2n) is 5.55. The number of rotatable bonds is 6. The summed E-state index contributed by atoms with van der Waals surface area (Å²) in [5, 5.41) is 3.42. The molecule has 1 heterocycles. The lowest BCUT2D eigenvalue weighted by Crippen LogP contribution is -2.37. The highest BCUT2D eigenvalue weighted by Gasteiger charge is 2.27. The number of benzene rings is 1. The summed E-state index contributed by atoms with van der Waals surface area (Å²) in [5.41, 5.74) is 2.66. The van der Waals surface area contributed by atoms with Crippen LogP contribution in [0.4, 0.5) is 0 Å². The minimum absolute atomic E-state index is 0.311. The zero-order chi connectivity index (χ0) is 14.6. The van der Waals surface area contributed by atoms with Crippen molar-refractivity contribution >= 4 is 10.0 Å². The van der Waals surface area contributed by atoms with Gasteiger partial charge in [-0.05, 0) is 37.8 Å². The molecule has 0 radical (unpaired) electrons. The molecule has 4 nitrogen and oxygen atoms in total. The monoisotopic (exact) mass is 296 g/mol. The fraction of sp³-hybridized carbons (Fsp3) is 0.600. The maximum Gasteiger partial charge on any atom is 0.214 e. The lowest BCUT2D eigenvalue weighted by molar-refractivity contribution is 0.418. The van der Waals surface area contributed by atoms with Crippen LogP contribution < -0.4 is 5.32 Å². The Morgan fingerprint density at radius 1 is 1.35 bits per heavy atom. The second kappa shape index (κ2) is 6.70. The first kappa shape index (κ1) is 15.5. The molecule has 1 atom stereocenters. The molecule has 112 valence electrons. The molecule has 1 N–H and O–H groups in total. The number of sulfonamides is 1. The largest absolute Gasteiger partial charge is 0.313 e. The molecule has 0 amide bonds. The van der Waals surface area contributed by atoms with E-state index >= 15 is 0 Å². The topological polar surface area (TPSA) is 49.4 Å². The molecule has 0 aliphatic carbocycles. The van der Waals surface area contributed by atoms with E-state index in [4.69, 9.17) is 0 Å². The van der Waals surface area contributed by atoms with Gasteiger partial charge in [-0.2, -0.15) is 0 Å². The molecule has 1 aliphatic heterocycles. The van der Waals surface area contributed by atoms with Gasteiger partial charge in [0.2, 0.25) is 10.0 Å². The average Bonchev–Trinajstić information content (AvgIpc) is 2.72. The summed E-state index contributed by atoms with van der Waals surface area (Å²) >= 11 is 0. The third-order valence-electron chi connectivity index (χ3n) is 3.84. The summed E-state index contributed by atoms with van der Waals surface area (Å²) in [5.74, 6) is 0.311. The Labute approximate surface area is 122 Å². The van der Waals surface area contributed by atoms with Gasteiger partial charge in [0.15, 0.2) is 0 Å². The van der Waals surface area contributed by atoms with Crippen LogP contribution in [-0.2, 0) is 16.4 Å². The van der Waals surface area contributed by atoms with Gasteiger partial charge in [-0.3, -0.25) is 0 Å². The lowest BCUT2D eigenvalue weighted by Gasteiger charge is -2.18. The van der Waals surface area contributed by atoms with Crippen molar-refractivity contribution in [2.45, 2.75) is 32.7 Å². The highest BCUT2D eigenvalue weighted by molar-refractivity contribution is 7.89. The zero-order valence-corrected chi connectivity index (χ0v) is 13.1. The molecule has 20 heavy (non-hydrogen) atoms. The van der Waals surface area contributed by atoms with E-state index < -0.39 is 10.0 Å². The van der Waals surface area contributed by atoms with Crippen LogP contribution >= 0.6 is 0 Å². The number of hydrogen-bond donors (Lipinski definition) is 1. The van der Waals surface area contributed by atoms with Gasteiger partial charge < -0.3 is 5.32 Å². The van der Waals surface area contributed by atoms with Crippen molar-refractivity contribution in [3.63, 3.8) is 0 Å². The molecule has 1 aromatic carbocycles. The van der Waals surface area contributed by atoms with Gasteiger partial charge in [0.25, 0.3) is 0 Å². The maximum absolute atomic E-state index is 11.7. The summed E-state index contributed by atoms with van der Waals surface area (Å²) in [7, 11) is -2.96. The van der Waals surface area contributed by atoms with E-state index in [1.165, 1.54) is 11.1 Å². The Balaban J connectivity index is 1.76. The number of nitrogens with zero attached hydrogens (tertiary/aromatic N) is 1. The number of aryl methyl sites for hydroxylation is 1. The third-order valence-corrected chi connectivity index (χ3v) is 5.80. The fourth-order valence-corrected chi connectivity index (χ4v) is 4.15. The summed E-state index contributed by atoms with van der Waals surface area (Å²) in [4.78, 5) is 0. The molecule has 1 unspecified atom stereocenters. The van der Waals surface area contributed by atoms with E-state index in [1.54, 1.807) is 4.31 Å². The quantitative estimate of drug-likeness (QED) is 0.866. The van der Waals surface area contributed by atoms with Crippen LogP contribution in [0, 0.1) is 6.92 Å². The van der Waals surface area contributed by atoms with Crippen LogP contribution in [0.5, 0.6) is 0 Å². The van der Waals surface area contributed by atoms with Gasteiger partial charge in [0.05, 0.1) is 5.75 Å². The maximum atomic E-state index is 11.7. The van der Waals surface area contributed by atoms with Gasteiger partial charge in [-0.15, -0.1) is 0 Å². The predicted octanol–water partition coefficient (Wildman–Crippen LogP) is 1.55. The van der Waals surface area contributed by atoms with E-state index in [2.05, 4.69) is 43.4 Å². The molecule has 0 aromatic heterocycles. The molecule has 1 aromatic rings. The van der Waals surface area contributed by atoms with Gasteiger partial charge in [0.1, 0.15) is 0 Å². The van der Waals surface area contributed by atoms with E-state index in [9.17, 15) is 8.42 Å². The van der Waals surface area contributed by atoms with Crippen LogP contribution in [0.1, 0.15) is 24.5 Å². The smallest absolute Gasteiger partial charge is 0.214 e. The van der Waals surface area contributed by atoms with Crippen LogP contribution in [0.3, 0.4) is 0 Å². The van der Waals surface area contributed by atoms with Crippen molar-refractivity contribution in [1.82, 2.24) is 9.62 Å². The highest BCUT2D eigenvalue weighted by atomic mass is 32.2. The van der Waals surface area contributed by atoms with Crippen molar-refractivity contribution in [1.29, 1.82) is 0 Å². The Morgan fingerprint density at radius 2 is 2.10 bits per heavy atom. The van der Waals surface area contributed by atoms with Gasteiger partial charge in [-0.1, -0.05) is 24.3 Å². The van der Waals surface area contributed by atoms with Gasteiger partial charge in [0, 0.05) is 25.7 Å². The molecule has 0 spiro atoms. The van der Waals surface area contributed by atoms with Gasteiger partial charge in [-0.25, -0.2) is 12.7 Å². The van der Waals surface area contributed by atoms with Crippen LogP contribution in [0.25, 0.3) is 0 Å². The van der Waals surface area contributed by atoms with Crippen molar-refractivity contribution in [3.05, 3.63) is 35.4 Å². The first-order chi connectivity index (χ1) is 9.49. The van der Waals surface area contributed by atoms with Crippen LogP contribution in [-0.4, -0.2) is 44.2 Å². The summed E-state index contributed by atoms with van der Waals surface area (Å²) in [6.45, 7) is 6.24. The molecular weight excluding hydrogens is 272 g/mol. The zero-order valence-electron chi connectivity index (χ0n) is 12.3. The molecule has 5 heteroatoms. The van der Waals surface area contributed by atoms with Crippen molar-refractivity contribution < 1.29 is 8.42 Å². The van der Waals surface area contributed by atoms with E-state index in [0.717, 1.165) is 12.8 Å². The molecule has 1 saturated heterocycles. The first-order valence-electron chi connectivity index (χ1n) is 7.25. The molecule has 2 rings (SSSR count). The third kappa shape index (κ3) is 4.04. The number of hydrogen-bond acceptors (Lipinski definition) is 3. The molecule has 0 bridgehead atoms. The Kier molecular flexibility index (Phi) is 5.18. The van der Waals surface area contributed by atoms with Crippen LogP contribution in [0.15, 0.2) is 24.3 Å². The second-order valence-corrected chi connectivity index (χ2v) is 7.64. The molecule has 1 aliphatic rings. The summed E-state index contributed by atoms with van der Waals surface area (Å²) < 4.78 is 24.9. The molecule has 0 saturated carbocycles. The van der Waals surface area contributed by atoms with E-state index in [-0.39, 0.29) is 0 Å². The lowest BCUT2D eigenvalue weighted by atomic mass is 10.0. The highest BCUT2D eigenvalue weighted by Crippen LogP contribution is 2.12. The Bertz CT molecular complexity index is 543. The summed E-state index contributed by atoms with van der Waals surface area (Å²) in [6, 6.07) is 8.74. The van der Waals surface area contributed by atoms with Gasteiger partial charge >= 0.3 is 0 Å². The normalized spacial score (nSPS) is 20.1. The predicted molar refractivity (Wildman–Crippen MR) is 82.3 cm³/mol. The van der Waals surface area contributed by atoms with Crippen LogP contribution in [0.2, 0.25) is 0 Å². The van der Waals surface area contributed by atoms with Crippen molar-refractivity contribution in [2.75, 3.05) is 25.4 Å². The van der Waals surface area contributed by atoms with Crippen molar-refractivity contribution in [3.8, 4) is 0 Å². The Hall–Kier alpha value is -0.910. The number of nitrogens with one attached hydrogen (secondary N) is 1. The Morgan fingerprint density at radius 3 is 2.75 bits per heavy atom. The van der Waals surface area contributed by atoms with E-state index in [0.29, 0.717) is 31.4 Å². The van der Waals surface area contributed by atoms with Crippen molar-refractivity contribution in [2.24, 2.45) is 0 Å². The SMILES string of the molecule is Cc1ccccc1CC(C)NCCN1CCCS1(=O)=O. The molecule has 1 fully saturated rings. The standard InChI is InChI=1S/C15H24N2O2S/c1-13-6-3-4-7-15(13)12-14(2)16-8-10-17-9-5-11-20(17,18)19/h3-4,6-7,14,16H,5,8-12H2,1-2H3. The molecular formula is C15H24N2O2S. The fourth-order valence-electron chi connectivity index (χ4n) is 2.62. The minimum Gasteiger partial charge on any atom is -0.313 e. The summed E-state index contributed by atoms with van der Waals surface area (Å²) in [6.07, 6.45) is 1.74. The average molecular weight is 296 g/mol. The first-order valence-corrected chi connectivity index (χ1v) is 8.85.